The number of benzene rings is 2. The molecule has 0 aliphatic carbocycles. The van der Waals surface area contributed by atoms with Crippen LogP contribution in [0.1, 0.15) is 11.4 Å². The van der Waals surface area contributed by atoms with Crippen LogP contribution < -0.4 is 20.1 Å². The third-order valence-corrected chi connectivity index (χ3v) is 4.43. The van der Waals surface area contributed by atoms with Gasteiger partial charge in [0.25, 0.3) is 0 Å². The number of aryl methyl sites for hydroxylation is 1. The highest BCUT2D eigenvalue weighted by molar-refractivity contribution is 6.31. The Morgan fingerprint density at radius 2 is 1.56 bits per heavy atom. The molecule has 0 unspecified atom stereocenters. The van der Waals surface area contributed by atoms with E-state index < -0.39 is 0 Å². The van der Waals surface area contributed by atoms with E-state index in [1.54, 1.807) is 14.2 Å². The van der Waals surface area contributed by atoms with Crippen LogP contribution in [0, 0.1) is 13.8 Å². The highest BCUT2D eigenvalue weighted by Gasteiger charge is 2.08. The molecule has 3 aromatic rings. The molecule has 0 amide bonds. The van der Waals surface area contributed by atoms with Gasteiger partial charge in [0.15, 0.2) is 11.5 Å². The lowest BCUT2D eigenvalue weighted by Gasteiger charge is -2.13. The van der Waals surface area contributed by atoms with Gasteiger partial charge >= 0.3 is 0 Å². The SMILES string of the molecule is COc1ccc(Nc2cc(Nc3cccc(Cl)c3C)nc(C)n2)cc1OC. The van der Waals surface area contributed by atoms with Gasteiger partial charge in [-0.2, -0.15) is 0 Å². The maximum Gasteiger partial charge on any atom is 0.162 e. The van der Waals surface area contributed by atoms with Crippen LogP contribution in [0.2, 0.25) is 5.02 Å². The van der Waals surface area contributed by atoms with E-state index in [2.05, 4.69) is 20.6 Å². The van der Waals surface area contributed by atoms with Gasteiger partial charge in [-0.05, 0) is 43.7 Å². The predicted octanol–water partition coefficient (Wildman–Crippen LogP) is 5.25. The monoisotopic (exact) mass is 384 g/mol. The number of nitrogens with zero attached hydrogens (tertiary/aromatic N) is 2. The van der Waals surface area contributed by atoms with Crippen molar-refractivity contribution in [1.82, 2.24) is 9.97 Å². The van der Waals surface area contributed by atoms with Crippen molar-refractivity contribution in [2.75, 3.05) is 24.9 Å². The van der Waals surface area contributed by atoms with Crippen molar-refractivity contribution in [3.8, 4) is 11.5 Å². The minimum absolute atomic E-state index is 0.640. The number of rotatable bonds is 6. The first-order valence-electron chi connectivity index (χ1n) is 8.37. The zero-order valence-electron chi connectivity index (χ0n) is 15.6. The van der Waals surface area contributed by atoms with E-state index in [-0.39, 0.29) is 0 Å². The van der Waals surface area contributed by atoms with Crippen LogP contribution in [-0.2, 0) is 0 Å². The Balaban J connectivity index is 1.86. The van der Waals surface area contributed by atoms with E-state index in [1.165, 1.54) is 0 Å². The van der Waals surface area contributed by atoms with Gasteiger partial charge in [0.05, 0.1) is 14.2 Å². The first-order valence-corrected chi connectivity index (χ1v) is 8.75. The Kier molecular flexibility index (Phi) is 5.66. The molecule has 0 saturated heterocycles. The summed E-state index contributed by atoms with van der Waals surface area (Å²) in [6.07, 6.45) is 0. The Morgan fingerprint density at radius 3 is 2.26 bits per heavy atom. The first kappa shape index (κ1) is 18.8. The summed E-state index contributed by atoms with van der Waals surface area (Å²) in [5.41, 5.74) is 2.69. The number of methoxy groups -OCH3 is 2. The third kappa shape index (κ3) is 4.41. The summed E-state index contributed by atoms with van der Waals surface area (Å²) in [5, 5.41) is 7.27. The van der Waals surface area contributed by atoms with Gasteiger partial charge in [0, 0.05) is 28.5 Å². The molecule has 3 rings (SSSR count). The summed E-state index contributed by atoms with van der Waals surface area (Å²) >= 11 is 6.20. The van der Waals surface area contributed by atoms with Gasteiger partial charge in [-0.25, -0.2) is 9.97 Å². The topological polar surface area (TPSA) is 68.3 Å². The highest BCUT2D eigenvalue weighted by Crippen LogP contribution is 2.31. The van der Waals surface area contributed by atoms with Crippen LogP contribution in [0.4, 0.5) is 23.0 Å². The molecule has 0 spiro atoms. The average molecular weight is 385 g/mol. The van der Waals surface area contributed by atoms with E-state index in [0.717, 1.165) is 16.9 Å². The quantitative estimate of drug-likeness (QED) is 0.604. The van der Waals surface area contributed by atoms with E-state index in [4.69, 9.17) is 21.1 Å². The van der Waals surface area contributed by atoms with Gasteiger partial charge < -0.3 is 20.1 Å². The summed E-state index contributed by atoms with van der Waals surface area (Å²) in [4.78, 5) is 8.90. The zero-order chi connectivity index (χ0) is 19.4. The Bertz CT molecular complexity index is 963. The molecular weight excluding hydrogens is 364 g/mol. The fourth-order valence-corrected chi connectivity index (χ4v) is 2.81. The fourth-order valence-electron chi connectivity index (χ4n) is 2.64. The van der Waals surface area contributed by atoms with Gasteiger partial charge in [-0.1, -0.05) is 17.7 Å². The minimum Gasteiger partial charge on any atom is -0.493 e. The number of nitrogens with one attached hydrogen (secondary N) is 2. The van der Waals surface area contributed by atoms with Crippen molar-refractivity contribution < 1.29 is 9.47 Å². The molecule has 27 heavy (non-hydrogen) atoms. The van der Waals surface area contributed by atoms with Gasteiger partial charge in [0.2, 0.25) is 0 Å². The minimum atomic E-state index is 0.640. The lowest BCUT2D eigenvalue weighted by atomic mass is 10.2. The molecule has 0 fully saturated rings. The summed E-state index contributed by atoms with van der Waals surface area (Å²) in [5.74, 6) is 3.29. The lowest BCUT2D eigenvalue weighted by molar-refractivity contribution is 0.355. The van der Waals surface area contributed by atoms with Crippen LogP contribution in [0.3, 0.4) is 0 Å². The van der Waals surface area contributed by atoms with Crippen molar-refractivity contribution in [2.45, 2.75) is 13.8 Å². The Labute approximate surface area is 163 Å². The van der Waals surface area contributed by atoms with E-state index in [9.17, 15) is 0 Å². The smallest absolute Gasteiger partial charge is 0.162 e. The van der Waals surface area contributed by atoms with E-state index in [1.807, 2.05) is 56.3 Å². The Morgan fingerprint density at radius 1 is 0.852 bits per heavy atom. The predicted molar refractivity (Wildman–Crippen MR) is 109 cm³/mol. The van der Waals surface area contributed by atoms with Gasteiger partial charge in [0.1, 0.15) is 17.5 Å². The molecule has 2 aromatic carbocycles. The number of aromatic nitrogens is 2. The summed E-state index contributed by atoms with van der Waals surface area (Å²) in [6, 6.07) is 13.1. The number of anilines is 4. The second-order valence-corrected chi connectivity index (χ2v) is 6.32. The van der Waals surface area contributed by atoms with Crippen LogP contribution in [0.25, 0.3) is 0 Å². The third-order valence-electron chi connectivity index (χ3n) is 4.02. The molecule has 0 atom stereocenters. The molecular formula is C20H21ClN4O2. The van der Waals surface area contributed by atoms with Crippen molar-refractivity contribution in [3.05, 3.63) is 58.9 Å². The molecule has 0 aliphatic rings. The number of hydrogen-bond donors (Lipinski definition) is 2. The fraction of sp³-hybridized carbons (Fsp3) is 0.200. The zero-order valence-corrected chi connectivity index (χ0v) is 16.4. The van der Waals surface area contributed by atoms with Crippen LogP contribution >= 0.6 is 11.6 Å². The maximum absolute atomic E-state index is 6.20. The van der Waals surface area contributed by atoms with Crippen LogP contribution in [-0.4, -0.2) is 24.2 Å². The Hall–Kier alpha value is -2.99. The molecule has 0 aliphatic heterocycles. The molecule has 0 radical (unpaired) electrons. The summed E-state index contributed by atoms with van der Waals surface area (Å²) in [7, 11) is 3.21. The van der Waals surface area contributed by atoms with Gasteiger partial charge in [-0.15, -0.1) is 0 Å². The standard InChI is InChI=1S/C20H21ClN4O2/c1-12-15(21)6-5-7-16(12)25-20-11-19(22-13(2)23-20)24-14-8-9-17(26-3)18(10-14)27-4/h5-11H,1-4H3,(H2,22,23,24,25). The van der Waals surface area contributed by atoms with E-state index in [0.29, 0.717) is 34.0 Å². The molecule has 0 saturated carbocycles. The molecule has 140 valence electrons. The number of hydrogen-bond acceptors (Lipinski definition) is 6. The first-order chi connectivity index (χ1) is 13.0. The average Bonchev–Trinajstić information content (AvgIpc) is 2.65. The molecule has 0 bridgehead atoms. The molecule has 1 heterocycles. The second-order valence-electron chi connectivity index (χ2n) is 5.92. The normalized spacial score (nSPS) is 10.4. The highest BCUT2D eigenvalue weighted by atomic mass is 35.5. The molecule has 7 heteroatoms. The van der Waals surface area contributed by atoms with Crippen molar-refractivity contribution >= 4 is 34.6 Å². The summed E-state index contributed by atoms with van der Waals surface area (Å²) in [6.45, 7) is 3.80. The van der Waals surface area contributed by atoms with Crippen molar-refractivity contribution in [2.24, 2.45) is 0 Å². The maximum atomic E-state index is 6.20. The van der Waals surface area contributed by atoms with Crippen molar-refractivity contribution in [3.63, 3.8) is 0 Å². The lowest BCUT2D eigenvalue weighted by Crippen LogP contribution is -2.02. The number of ether oxygens (including phenoxy) is 2. The van der Waals surface area contributed by atoms with Crippen molar-refractivity contribution in [1.29, 1.82) is 0 Å². The van der Waals surface area contributed by atoms with E-state index >= 15 is 0 Å². The molecule has 1 aromatic heterocycles. The van der Waals surface area contributed by atoms with Crippen LogP contribution in [0.15, 0.2) is 42.5 Å². The second kappa shape index (κ2) is 8.14. The van der Waals surface area contributed by atoms with Crippen LogP contribution in [0.5, 0.6) is 11.5 Å². The molecule has 2 N–H and O–H groups in total. The number of halogens is 1. The van der Waals surface area contributed by atoms with Gasteiger partial charge in [-0.3, -0.25) is 0 Å². The molecule has 6 nitrogen and oxygen atoms in total. The summed E-state index contributed by atoms with van der Waals surface area (Å²) < 4.78 is 10.6. The largest absolute Gasteiger partial charge is 0.493 e.